The quantitative estimate of drug-likeness (QED) is 0.347. The van der Waals surface area contributed by atoms with Crippen molar-refractivity contribution in [1.82, 2.24) is 20.3 Å². The van der Waals surface area contributed by atoms with Gasteiger partial charge in [0.05, 0.1) is 17.9 Å². The molecule has 12 nitrogen and oxygen atoms in total. The molecule has 0 aliphatic carbocycles. The van der Waals surface area contributed by atoms with Crippen molar-refractivity contribution in [3.8, 4) is 22.8 Å². The summed E-state index contributed by atoms with van der Waals surface area (Å²) in [4.78, 5) is 38.6. The Hall–Kier alpha value is -4.29. The third-order valence-corrected chi connectivity index (χ3v) is 5.79. The predicted octanol–water partition coefficient (Wildman–Crippen LogP) is 1.71. The molecule has 0 spiro atoms. The number of ether oxygens (including phenoxy) is 3. The van der Waals surface area contributed by atoms with Crippen LogP contribution in [-0.4, -0.2) is 65.9 Å². The third-order valence-electron chi connectivity index (χ3n) is 5.79. The van der Waals surface area contributed by atoms with Crippen molar-refractivity contribution in [1.29, 1.82) is 0 Å². The van der Waals surface area contributed by atoms with Gasteiger partial charge in [-0.3, -0.25) is 19.7 Å². The monoisotopic (exact) mass is 505 g/mol. The van der Waals surface area contributed by atoms with Gasteiger partial charge in [-0.1, -0.05) is 0 Å². The smallest absolute Gasteiger partial charge is 0.415 e. The standard InChI is InChI=1S/C25H27N7O5/c26-6-10-35-18-5-9-29-20(12-18)16-3-8-28-17(11-16)13-27-7-4-19-14-32(25(34)37-19)22-2-1-21-24(30-22)31-23(33)15-36-21/h1-3,5,8-9,11-12,19,27H,4,6-7,10,13-15,26H2,(H,30,31,33)/t19-/m0/s1. The molecule has 1 atom stereocenters. The van der Waals surface area contributed by atoms with Gasteiger partial charge < -0.3 is 30.6 Å². The summed E-state index contributed by atoms with van der Waals surface area (Å²) < 4.78 is 16.4. The first-order chi connectivity index (χ1) is 18.1. The molecule has 0 radical (unpaired) electrons. The van der Waals surface area contributed by atoms with Gasteiger partial charge in [-0.25, -0.2) is 9.78 Å². The second-order valence-electron chi connectivity index (χ2n) is 8.48. The van der Waals surface area contributed by atoms with Gasteiger partial charge in [-0.05, 0) is 43.3 Å². The highest BCUT2D eigenvalue weighted by atomic mass is 16.6. The van der Waals surface area contributed by atoms with Crippen molar-refractivity contribution in [2.75, 3.05) is 43.1 Å². The molecule has 1 fully saturated rings. The van der Waals surface area contributed by atoms with Crippen LogP contribution >= 0.6 is 0 Å². The van der Waals surface area contributed by atoms with Crippen LogP contribution in [0, 0.1) is 0 Å². The average molecular weight is 506 g/mol. The normalized spacial score (nSPS) is 16.6. The number of carbonyl (C=O) groups excluding carboxylic acids is 2. The first kappa shape index (κ1) is 24.4. The third kappa shape index (κ3) is 5.93. The van der Waals surface area contributed by atoms with E-state index in [9.17, 15) is 9.59 Å². The van der Waals surface area contributed by atoms with Crippen LogP contribution in [0.4, 0.5) is 16.4 Å². The van der Waals surface area contributed by atoms with Crippen molar-refractivity contribution in [3.05, 3.63) is 54.5 Å². The van der Waals surface area contributed by atoms with Gasteiger partial charge in [0.2, 0.25) is 0 Å². The Morgan fingerprint density at radius 2 is 2.05 bits per heavy atom. The van der Waals surface area contributed by atoms with Crippen LogP contribution in [0.5, 0.6) is 11.5 Å². The van der Waals surface area contributed by atoms with Crippen LogP contribution in [0.3, 0.4) is 0 Å². The lowest BCUT2D eigenvalue weighted by Gasteiger charge is -2.19. The van der Waals surface area contributed by atoms with Crippen molar-refractivity contribution in [2.45, 2.75) is 19.1 Å². The molecule has 0 unspecified atom stereocenters. The van der Waals surface area contributed by atoms with Gasteiger partial charge in [0.25, 0.3) is 5.91 Å². The summed E-state index contributed by atoms with van der Waals surface area (Å²) in [5.41, 5.74) is 8.09. The number of carbonyl (C=O) groups is 2. The van der Waals surface area contributed by atoms with E-state index in [4.69, 9.17) is 19.9 Å². The zero-order chi connectivity index (χ0) is 25.6. The number of amides is 2. The number of fused-ring (bicyclic) bond motifs is 1. The number of aromatic nitrogens is 3. The molecule has 0 saturated carbocycles. The summed E-state index contributed by atoms with van der Waals surface area (Å²) in [7, 11) is 0. The summed E-state index contributed by atoms with van der Waals surface area (Å²) >= 11 is 0. The molecule has 2 amide bonds. The Morgan fingerprint density at radius 3 is 2.95 bits per heavy atom. The number of anilines is 2. The minimum absolute atomic E-state index is 0.0526. The molecule has 2 aliphatic heterocycles. The topological polar surface area (TPSA) is 154 Å². The maximum absolute atomic E-state index is 12.4. The minimum atomic E-state index is -0.472. The minimum Gasteiger partial charge on any atom is -0.492 e. The second-order valence-corrected chi connectivity index (χ2v) is 8.48. The number of hydrogen-bond acceptors (Lipinski definition) is 10. The Balaban J connectivity index is 1.12. The molecule has 2 aliphatic rings. The summed E-state index contributed by atoms with van der Waals surface area (Å²) in [6.45, 7) is 2.38. The lowest BCUT2D eigenvalue weighted by atomic mass is 10.1. The highest BCUT2D eigenvalue weighted by Gasteiger charge is 2.33. The SMILES string of the molecule is NCCOc1ccnc(-c2ccnc(CNCC[C@H]3CN(c4ccc5c(n4)NC(=O)CO5)C(=O)O3)c2)c1. The molecule has 5 heterocycles. The highest BCUT2D eigenvalue weighted by molar-refractivity contribution is 5.95. The zero-order valence-corrected chi connectivity index (χ0v) is 20.1. The Labute approximate surface area is 213 Å². The molecular formula is C25H27N7O5. The molecule has 3 aromatic heterocycles. The van der Waals surface area contributed by atoms with Crippen molar-refractivity contribution < 1.29 is 23.8 Å². The van der Waals surface area contributed by atoms with Crippen LogP contribution < -0.4 is 30.7 Å². The van der Waals surface area contributed by atoms with Crippen molar-refractivity contribution in [3.63, 3.8) is 0 Å². The van der Waals surface area contributed by atoms with Gasteiger partial charge in [0.1, 0.15) is 24.3 Å². The van der Waals surface area contributed by atoms with E-state index in [1.54, 1.807) is 30.6 Å². The van der Waals surface area contributed by atoms with Crippen LogP contribution in [0.25, 0.3) is 11.3 Å². The lowest BCUT2D eigenvalue weighted by molar-refractivity contribution is -0.118. The number of nitrogens with zero attached hydrogens (tertiary/aromatic N) is 4. The number of nitrogens with one attached hydrogen (secondary N) is 2. The molecule has 1 saturated heterocycles. The van der Waals surface area contributed by atoms with Gasteiger partial charge in [-0.2, -0.15) is 0 Å². The van der Waals surface area contributed by atoms with Gasteiger partial charge >= 0.3 is 6.09 Å². The fraction of sp³-hybridized carbons (Fsp3) is 0.320. The largest absolute Gasteiger partial charge is 0.492 e. The number of rotatable bonds is 10. The van der Waals surface area contributed by atoms with E-state index >= 15 is 0 Å². The van der Waals surface area contributed by atoms with E-state index in [0.29, 0.717) is 56.6 Å². The summed E-state index contributed by atoms with van der Waals surface area (Å²) in [5.74, 6) is 1.60. The molecule has 4 N–H and O–H groups in total. The predicted molar refractivity (Wildman–Crippen MR) is 134 cm³/mol. The summed E-state index contributed by atoms with van der Waals surface area (Å²) in [6, 6.07) is 10.9. The van der Waals surface area contributed by atoms with E-state index in [-0.39, 0.29) is 18.6 Å². The fourth-order valence-corrected chi connectivity index (χ4v) is 4.01. The van der Waals surface area contributed by atoms with E-state index in [1.165, 1.54) is 4.90 Å². The molecule has 0 bridgehead atoms. The van der Waals surface area contributed by atoms with Crippen molar-refractivity contribution >= 4 is 23.6 Å². The average Bonchev–Trinajstić information content (AvgIpc) is 3.30. The van der Waals surface area contributed by atoms with Crippen LogP contribution in [0.1, 0.15) is 12.1 Å². The van der Waals surface area contributed by atoms with Gasteiger partial charge in [-0.15, -0.1) is 0 Å². The maximum atomic E-state index is 12.4. The second kappa shape index (κ2) is 11.2. The Kier molecular flexibility index (Phi) is 7.38. The van der Waals surface area contributed by atoms with Crippen LogP contribution in [0.2, 0.25) is 0 Å². The van der Waals surface area contributed by atoms with Crippen LogP contribution in [-0.2, 0) is 16.1 Å². The van der Waals surface area contributed by atoms with E-state index in [2.05, 4.69) is 25.6 Å². The summed E-state index contributed by atoms with van der Waals surface area (Å²) in [5, 5.41) is 6.00. The summed E-state index contributed by atoms with van der Waals surface area (Å²) in [6.07, 6.45) is 3.31. The first-order valence-corrected chi connectivity index (χ1v) is 12.0. The molecule has 192 valence electrons. The molecule has 5 rings (SSSR count). The van der Waals surface area contributed by atoms with E-state index in [1.807, 2.05) is 18.2 Å². The van der Waals surface area contributed by atoms with E-state index < -0.39 is 6.09 Å². The fourth-order valence-electron chi connectivity index (χ4n) is 4.01. The highest BCUT2D eigenvalue weighted by Crippen LogP contribution is 2.30. The van der Waals surface area contributed by atoms with Gasteiger partial charge in [0, 0.05) is 37.1 Å². The van der Waals surface area contributed by atoms with Crippen molar-refractivity contribution in [2.24, 2.45) is 5.73 Å². The zero-order valence-electron chi connectivity index (χ0n) is 20.1. The lowest BCUT2D eigenvalue weighted by Crippen LogP contribution is -2.29. The van der Waals surface area contributed by atoms with Gasteiger partial charge in [0.15, 0.2) is 18.2 Å². The number of pyridine rings is 3. The number of nitrogens with two attached hydrogens (primary N) is 1. The number of cyclic esters (lactones) is 1. The molecule has 12 heteroatoms. The first-order valence-electron chi connectivity index (χ1n) is 12.0. The van der Waals surface area contributed by atoms with E-state index in [0.717, 1.165) is 22.7 Å². The molecular weight excluding hydrogens is 478 g/mol. The molecule has 0 aromatic carbocycles. The number of hydrogen-bond donors (Lipinski definition) is 3. The molecule has 37 heavy (non-hydrogen) atoms. The Morgan fingerprint density at radius 1 is 1.16 bits per heavy atom. The maximum Gasteiger partial charge on any atom is 0.415 e. The van der Waals surface area contributed by atoms with Crippen LogP contribution in [0.15, 0.2) is 48.8 Å². The molecule has 3 aromatic rings. The Bertz CT molecular complexity index is 1290.